The fourth-order valence-electron chi connectivity index (χ4n) is 1.14. The van der Waals surface area contributed by atoms with Crippen molar-refractivity contribution < 1.29 is 9.53 Å². The number of rotatable bonds is 6. The van der Waals surface area contributed by atoms with Gasteiger partial charge in [-0.2, -0.15) is 0 Å². The van der Waals surface area contributed by atoms with Gasteiger partial charge in [-0.3, -0.25) is 4.79 Å². The minimum Gasteiger partial charge on any atom is -0.458 e. The molecule has 0 bridgehead atoms. The van der Waals surface area contributed by atoms with Gasteiger partial charge in [0, 0.05) is 6.92 Å². The van der Waals surface area contributed by atoms with Gasteiger partial charge in [0.15, 0.2) is 0 Å². The third kappa shape index (κ3) is 6.70. The summed E-state index contributed by atoms with van der Waals surface area (Å²) in [5.41, 5.74) is 0. The summed E-state index contributed by atoms with van der Waals surface area (Å²) >= 11 is 0. The summed E-state index contributed by atoms with van der Waals surface area (Å²) in [6.07, 6.45) is 7.51. The van der Waals surface area contributed by atoms with E-state index in [1.54, 1.807) is 0 Å². The van der Waals surface area contributed by atoms with E-state index < -0.39 is 0 Å². The van der Waals surface area contributed by atoms with Crippen LogP contribution in [-0.4, -0.2) is 12.1 Å². The maximum atomic E-state index is 10.8. The van der Waals surface area contributed by atoms with Crippen LogP contribution >= 0.6 is 0 Å². The zero-order valence-corrected chi connectivity index (χ0v) is 9.75. The van der Waals surface area contributed by atoms with Crippen LogP contribution in [0.2, 0.25) is 0 Å². The van der Waals surface area contributed by atoms with Crippen molar-refractivity contribution in [3.8, 4) is 0 Å². The van der Waals surface area contributed by atoms with Crippen molar-refractivity contribution >= 4 is 5.97 Å². The van der Waals surface area contributed by atoms with Gasteiger partial charge in [-0.1, -0.05) is 39.7 Å². The molecule has 0 aliphatic rings. The van der Waals surface area contributed by atoms with Gasteiger partial charge >= 0.3 is 5.97 Å². The second-order valence-corrected chi connectivity index (χ2v) is 3.89. The lowest BCUT2D eigenvalue weighted by Gasteiger charge is -2.16. The van der Waals surface area contributed by atoms with Crippen LogP contribution in [-0.2, 0) is 9.53 Å². The van der Waals surface area contributed by atoms with Crippen molar-refractivity contribution in [3.63, 3.8) is 0 Å². The molecule has 0 rings (SSSR count). The zero-order chi connectivity index (χ0) is 11.0. The van der Waals surface area contributed by atoms with Crippen molar-refractivity contribution in [1.82, 2.24) is 0 Å². The molecule has 2 heteroatoms. The van der Waals surface area contributed by atoms with Gasteiger partial charge in [0.2, 0.25) is 0 Å². The molecule has 0 N–H and O–H groups in total. The van der Waals surface area contributed by atoms with Crippen LogP contribution < -0.4 is 0 Å². The Labute approximate surface area is 87.3 Å². The van der Waals surface area contributed by atoms with Gasteiger partial charge in [0.05, 0.1) is 0 Å². The third-order valence-corrected chi connectivity index (χ3v) is 2.01. The Morgan fingerprint density at radius 2 is 2.07 bits per heavy atom. The molecule has 0 saturated heterocycles. The summed E-state index contributed by atoms with van der Waals surface area (Å²) in [5.74, 6) is 0.139. The fourth-order valence-corrected chi connectivity index (χ4v) is 1.14. The largest absolute Gasteiger partial charge is 0.458 e. The summed E-state index contributed by atoms with van der Waals surface area (Å²) in [7, 11) is 0. The number of ether oxygens (including phenoxy) is 1. The van der Waals surface area contributed by atoms with Crippen molar-refractivity contribution in [3.05, 3.63) is 12.2 Å². The van der Waals surface area contributed by atoms with E-state index in [9.17, 15) is 4.79 Å². The Kier molecular flexibility index (Phi) is 7.17. The van der Waals surface area contributed by atoms with Crippen LogP contribution in [0.3, 0.4) is 0 Å². The van der Waals surface area contributed by atoms with Crippen molar-refractivity contribution in [2.24, 2.45) is 5.92 Å². The SMILES string of the molecule is CCCC/C=C\[C@@H](OC(C)=O)C(C)C. The molecular formula is C12H22O2. The molecule has 0 heterocycles. The fraction of sp³-hybridized carbons (Fsp3) is 0.750. The van der Waals surface area contributed by atoms with Gasteiger partial charge < -0.3 is 4.74 Å². The molecule has 0 unspecified atom stereocenters. The third-order valence-electron chi connectivity index (χ3n) is 2.01. The number of hydrogen-bond donors (Lipinski definition) is 0. The Balaban J connectivity index is 3.95. The summed E-state index contributed by atoms with van der Waals surface area (Å²) in [4.78, 5) is 10.8. The van der Waals surface area contributed by atoms with E-state index in [4.69, 9.17) is 4.74 Å². The summed E-state index contributed by atoms with van der Waals surface area (Å²) in [6, 6.07) is 0. The van der Waals surface area contributed by atoms with E-state index in [0.29, 0.717) is 5.92 Å². The average molecular weight is 198 g/mol. The van der Waals surface area contributed by atoms with Gasteiger partial charge in [-0.25, -0.2) is 0 Å². The lowest BCUT2D eigenvalue weighted by atomic mass is 10.1. The maximum absolute atomic E-state index is 10.8. The molecule has 2 nitrogen and oxygen atoms in total. The molecule has 0 saturated carbocycles. The van der Waals surface area contributed by atoms with Gasteiger partial charge in [0.1, 0.15) is 6.10 Å². The quantitative estimate of drug-likeness (QED) is 0.372. The normalized spacial score (nSPS) is 13.5. The van der Waals surface area contributed by atoms with Crippen LogP contribution in [0.5, 0.6) is 0 Å². The summed E-state index contributed by atoms with van der Waals surface area (Å²) in [6.45, 7) is 7.73. The number of carbonyl (C=O) groups excluding carboxylic acids is 1. The monoisotopic (exact) mass is 198 g/mol. The zero-order valence-electron chi connectivity index (χ0n) is 9.75. The average Bonchev–Trinajstić information content (AvgIpc) is 2.09. The topological polar surface area (TPSA) is 26.3 Å². The minimum absolute atomic E-state index is 0.0654. The van der Waals surface area contributed by atoms with Crippen LogP contribution in [0.1, 0.15) is 47.0 Å². The highest BCUT2D eigenvalue weighted by molar-refractivity contribution is 5.66. The molecule has 0 aliphatic heterocycles. The van der Waals surface area contributed by atoms with E-state index in [1.807, 2.05) is 6.08 Å². The Morgan fingerprint density at radius 1 is 1.43 bits per heavy atom. The molecule has 82 valence electrons. The first-order valence-electron chi connectivity index (χ1n) is 5.41. The Morgan fingerprint density at radius 3 is 2.50 bits per heavy atom. The minimum atomic E-state index is -0.205. The molecular weight excluding hydrogens is 176 g/mol. The van der Waals surface area contributed by atoms with E-state index in [-0.39, 0.29) is 12.1 Å². The number of esters is 1. The number of hydrogen-bond acceptors (Lipinski definition) is 2. The highest BCUT2D eigenvalue weighted by Gasteiger charge is 2.11. The summed E-state index contributed by atoms with van der Waals surface area (Å²) < 4.78 is 5.17. The molecule has 14 heavy (non-hydrogen) atoms. The second kappa shape index (κ2) is 7.60. The van der Waals surface area contributed by atoms with E-state index in [0.717, 1.165) is 6.42 Å². The van der Waals surface area contributed by atoms with Crippen molar-refractivity contribution in [2.75, 3.05) is 0 Å². The first-order valence-corrected chi connectivity index (χ1v) is 5.41. The molecule has 0 aromatic rings. The highest BCUT2D eigenvalue weighted by Crippen LogP contribution is 2.09. The standard InChI is InChI=1S/C12H22O2/c1-5-6-7-8-9-12(10(2)3)14-11(4)13/h8-10,12H,5-7H2,1-4H3/b9-8-/t12-/m1/s1. The predicted molar refractivity (Wildman–Crippen MR) is 59.1 cm³/mol. The molecule has 0 spiro atoms. The van der Waals surface area contributed by atoms with E-state index in [1.165, 1.54) is 19.8 Å². The molecule has 0 aromatic carbocycles. The molecule has 0 aromatic heterocycles. The highest BCUT2D eigenvalue weighted by atomic mass is 16.5. The molecule has 0 aliphatic carbocycles. The van der Waals surface area contributed by atoms with E-state index >= 15 is 0 Å². The number of unbranched alkanes of at least 4 members (excludes halogenated alkanes) is 2. The second-order valence-electron chi connectivity index (χ2n) is 3.89. The van der Waals surface area contributed by atoms with Crippen LogP contribution in [0.4, 0.5) is 0 Å². The number of allylic oxidation sites excluding steroid dienone is 1. The molecule has 0 fully saturated rings. The van der Waals surface area contributed by atoms with Crippen molar-refractivity contribution in [2.45, 2.75) is 53.1 Å². The molecule has 0 radical (unpaired) electrons. The van der Waals surface area contributed by atoms with Gasteiger partial charge in [0.25, 0.3) is 0 Å². The Bertz CT molecular complexity index is 183. The number of carbonyl (C=O) groups is 1. The molecule has 1 atom stereocenters. The summed E-state index contributed by atoms with van der Waals surface area (Å²) in [5, 5.41) is 0. The van der Waals surface area contributed by atoms with Gasteiger partial charge in [-0.15, -0.1) is 0 Å². The predicted octanol–water partition coefficient (Wildman–Crippen LogP) is 3.32. The van der Waals surface area contributed by atoms with Crippen molar-refractivity contribution in [1.29, 1.82) is 0 Å². The maximum Gasteiger partial charge on any atom is 0.303 e. The lowest BCUT2D eigenvalue weighted by molar-refractivity contribution is -0.145. The van der Waals surface area contributed by atoms with Crippen LogP contribution in [0, 0.1) is 5.92 Å². The lowest BCUT2D eigenvalue weighted by Crippen LogP contribution is -2.19. The smallest absolute Gasteiger partial charge is 0.303 e. The molecule has 0 amide bonds. The van der Waals surface area contributed by atoms with Crippen LogP contribution in [0.15, 0.2) is 12.2 Å². The van der Waals surface area contributed by atoms with E-state index in [2.05, 4.69) is 26.8 Å². The first kappa shape index (κ1) is 13.2. The van der Waals surface area contributed by atoms with Gasteiger partial charge in [-0.05, 0) is 18.4 Å². The van der Waals surface area contributed by atoms with Crippen LogP contribution in [0.25, 0.3) is 0 Å². The first-order chi connectivity index (χ1) is 6.57. The Hall–Kier alpha value is -0.790.